The van der Waals surface area contributed by atoms with Gasteiger partial charge in [-0.25, -0.2) is 0 Å². The monoisotopic (exact) mass is 923 g/mol. The fourth-order valence-corrected chi connectivity index (χ4v) is 19.6. The lowest BCUT2D eigenvalue weighted by Crippen LogP contribution is -2.55. The molecule has 20 atom stereocenters. The van der Waals surface area contributed by atoms with Crippen LogP contribution in [-0.2, 0) is 14.3 Å². The summed E-state index contributed by atoms with van der Waals surface area (Å²) in [5.41, 5.74) is 21.7. The fourth-order valence-electron chi connectivity index (χ4n) is 19.6. The lowest BCUT2D eigenvalue weighted by Gasteiger charge is -2.49. The third-order valence-corrected chi connectivity index (χ3v) is 23.0. The van der Waals surface area contributed by atoms with Gasteiger partial charge in [-0.1, -0.05) is 76.0 Å². The van der Waals surface area contributed by atoms with Gasteiger partial charge in [-0.2, -0.15) is 0 Å². The van der Waals surface area contributed by atoms with Crippen molar-refractivity contribution in [3.63, 3.8) is 0 Å². The minimum Gasteiger partial charge on any atom is -0.393 e. The van der Waals surface area contributed by atoms with Crippen LogP contribution in [0.4, 0.5) is 0 Å². The minimum atomic E-state index is -0.230. The third kappa shape index (κ3) is 7.07. The number of carbonyl (C=O) groups is 1. The van der Waals surface area contributed by atoms with Crippen LogP contribution >= 0.6 is 0 Å². The van der Waals surface area contributed by atoms with E-state index in [0.717, 1.165) is 94.7 Å². The first-order valence-corrected chi connectivity index (χ1v) is 27.9. The molecular weight excluding hydrogens is 833 g/mol. The summed E-state index contributed by atoms with van der Waals surface area (Å²) in [6.07, 6.45) is 23.1. The zero-order chi connectivity index (χ0) is 47.1. The lowest BCUT2D eigenvalue weighted by molar-refractivity contribution is -0.138. The van der Waals surface area contributed by atoms with Crippen LogP contribution in [0.15, 0.2) is 45.6 Å². The molecule has 9 nitrogen and oxygen atoms in total. The van der Waals surface area contributed by atoms with E-state index in [0.29, 0.717) is 53.1 Å². The van der Waals surface area contributed by atoms with Gasteiger partial charge < -0.3 is 36.1 Å². The number of piperidine rings is 2. The van der Waals surface area contributed by atoms with Crippen molar-refractivity contribution in [3.8, 4) is 0 Å². The number of hydrogen-bond acceptors (Lipinski definition) is 8. The van der Waals surface area contributed by atoms with E-state index < -0.39 is 0 Å². The first-order valence-electron chi connectivity index (χ1n) is 27.9. The highest BCUT2D eigenvalue weighted by molar-refractivity contribution is 5.78. The number of ether oxygens (including phenoxy) is 2. The zero-order valence-electron chi connectivity index (χ0n) is 42.9. The quantitative estimate of drug-likeness (QED) is 0.207. The van der Waals surface area contributed by atoms with Crippen molar-refractivity contribution in [2.75, 3.05) is 32.7 Å². The standard InChI is InChI=1S/C29H44N2O3.C29H46N2O2/c1-16-11-25-27(31(15-16)26(33)14-30)18(3)29(34-25)10-8-21-22-6-5-19-12-20(32)7-9-28(19,4)24(22)13-23(21)17(29)2;1-17-13-26-27(31(16-17)12-11-30)19(3)29(33-26)10-8-22-23-6-5-20-14-21(32)7-9-28(20,4)25(23)15-24(22)18(29)2/h5,16,18,20-22,24-25,27,32H,6-15,30H2,1-4H3;5,17,19,21-23,25-27,32H,6-16,30H2,1-4H3/t16-,18+,20-,21-,22-,24-,25+,27-,28-,29-;17-,19+,21-,22-,23-,25-,26+,27-,28-,29-/m00/s1. The van der Waals surface area contributed by atoms with Crippen LogP contribution in [0.2, 0.25) is 0 Å². The smallest absolute Gasteiger partial charge is 0.236 e. The molecular formula is C58H90N4O5. The molecule has 12 rings (SSSR count). The average Bonchev–Trinajstić information content (AvgIpc) is 4.03. The predicted molar refractivity (Wildman–Crippen MR) is 265 cm³/mol. The third-order valence-electron chi connectivity index (χ3n) is 23.0. The molecule has 4 heterocycles. The largest absolute Gasteiger partial charge is 0.393 e. The molecule has 8 fully saturated rings. The van der Waals surface area contributed by atoms with Crippen molar-refractivity contribution in [3.05, 3.63) is 45.6 Å². The van der Waals surface area contributed by atoms with Crippen molar-refractivity contribution in [1.82, 2.24) is 9.80 Å². The number of allylic oxidation sites excluding steroid dienone is 4. The van der Waals surface area contributed by atoms with Gasteiger partial charge in [-0.3, -0.25) is 9.69 Å². The first-order chi connectivity index (χ1) is 32.0. The van der Waals surface area contributed by atoms with Crippen LogP contribution in [0.1, 0.15) is 158 Å². The van der Waals surface area contributed by atoms with Gasteiger partial charge in [-0.05, 0) is 186 Å². The summed E-state index contributed by atoms with van der Waals surface area (Å²) >= 11 is 0. The van der Waals surface area contributed by atoms with Gasteiger partial charge in [0.15, 0.2) is 0 Å². The molecule has 372 valence electrons. The topological polar surface area (TPSA) is 135 Å². The van der Waals surface area contributed by atoms with Crippen molar-refractivity contribution < 1.29 is 24.5 Å². The van der Waals surface area contributed by atoms with Gasteiger partial charge in [-0.15, -0.1) is 0 Å². The molecule has 0 unspecified atom stereocenters. The second-order valence-electron chi connectivity index (χ2n) is 26.0. The number of fused-ring (bicyclic) bond motifs is 12. The summed E-state index contributed by atoms with van der Waals surface area (Å²) in [5.74, 6) is 6.44. The van der Waals surface area contributed by atoms with E-state index in [1.54, 1.807) is 22.3 Å². The normalized spacial score (nSPS) is 50.8. The summed E-state index contributed by atoms with van der Waals surface area (Å²) in [6.45, 7) is 23.1. The van der Waals surface area contributed by atoms with Crippen molar-refractivity contribution >= 4 is 5.91 Å². The first kappa shape index (κ1) is 47.5. The van der Waals surface area contributed by atoms with Crippen LogP contribution < -0.4 is 11.5 Å². The molecule has 2 spiro atoms. The highest BCUT2D eigenvalue weighted by Gasteiger charge is 2.64. The molecule has 6 N–H and O–H groups in total. The van der Waals surface area contributed by atoms with Crippen molar-refractivity contribution in [2.45, 2.75) is 206 Å². The second kappa shape index (κ2) is 17.1. The molecule has 12 aliphatic rings. The highest BCUT2D eigenvalue weighted by Crippen LogP contribution is 2.67. The number of aliphatic hydroxyl groups is 2. The maximum atomic E-state index is 12.8. The molecule has 0 aromatic rings. The van der Waals surface area contributed by atoms with Crippen molar-refractivity contribution in [2.24, 2.45) is 81.5 Å². The number of likely N-dealkylation sites (tertiary alicyclic amines) is 2. The Bertz CT molecular complexity index is 2100. The second-order valence-corrected chi connectivity index (χ2v) is 26.0. The van der Waals surface area contributed by atoms with E-state index in [1.165, 1.54) is 69.1 Å². The van der Waals surface area contributed by atoms with Crippen LogP contribution in [0.25, 0.3) is 0 Å². The molecule has 0 aromatic heterocycles. The number of aliphatic hydroxyl groups excluding tert-OH is 2. The molecule has 4 saturated carbocycles. The summed E-state index contributed by atoms with van der Waals surface area (Å²) in [4.78, 5) is 17.5. The Morgan fingerprint density at radius 2 is 1.16 bits per heavy atom. The number of nitrogens with two attached hydrogens (primary N) is 2. The lowest BCUT2D eigenvalue weighted by atomic mass is 9.56. The fraction of sp³-hybridized carbons (Fsp3) is 0.845. The Labute approximate surface area is 404 Å². The molecule has 9 heteroatoms. The van der Waals surface area contributed by atoms with E-state index in [-0.39, 0.29) is 53.4 Å². The van der Waals surface area contributed by atoms with Crippen LogP contribution in [0.3, 0.4) is 0 Å². The van der Waals surface area contributed by atoms with Gasteiger partial charge in [0, 0.05) is 44.1 Å². The molecule has 1 amide bonds. The van der Waals surface area contributed by atoms with Crippen LogP contribution in [0, 0.1) is 70.0 Å². The number of hydrogen-bond donors (Lipinski definition) is 4. The summed E-state index contributed by atoms with van der Waals surface area (Å²) in [6, 6.07) is 0.666. The molecule has 4 saturated heterocycles. The molecule has 8 aliphatic carbocycles. The van der Waals surface area contributed by atoms with Gasteiger partial charge in [0.2, 0.25) is 5.91 Å². The molecule has 0 bridgehead atoms. The van der Waals surface area contributed by atoms with Gasteiger partial charge in [0.1, 0.15) is 0 Å². The Kier molecular flexibility index (Phi) is 12.1. The Morgan fingerprint density at radius 3 is 1.66 bits per heavy atom. The van der Waals surface area contributed by atoms with E-state index in [9.17, 15) is 15.0 Å². The Hall–Kier alpha value is -1.85. The van der Waals surface area contributed by atoms with Crippen LogP contribution in [0.5, 0.6) is 0 Å². The molecule has 4 aliphatic heterocycles. The molecule has 0 aromatic carbocycles. The molecule has 0 radical (unpaired) electrons. The number of nitrogens with zero attached hydrogens (tertiary/aromatic N) is 2. The number of rotatable bonds is 3. The Balaban J connectivity index is 0.000000148. The SMILES string of the molecule is CC1=C2C[C@H]3[C@@H](CC=C4C[C@@H](O)CC[C@@]43C)[C@@H]2CC[C@]12O[C@@H]1C[C@H](C)CN(C(=O)CN)[C@H]1[C@H]2C.CC1=C2C[C@H]3[C@@H](CC=C4C[C@@H](O)CC[C@@]43C)[C@@H]2CC[C@]12O[C@@H]1C[C@H](C)CN(CCN)[C@H]1[C@H]2C. The van der Waals surface area contributed by atoms with Gasteiger partial charge in [0.05, 0.1) is 48.2 Å². The summed E-state index contributed by atoms with van der Waals surface area (Å²) in [7, 11) is 0. The van der Waals surface area contributed by atoms with E-state index in [2.05, 4.69) is 77.3 Å². The van der Waals surface area contributed by atoms with Crippen LogP contribution in [-0.4, -0.2) is 106 Å². The average molecular weight is 923 g/mol. The predicted octanol–water partition coefficient (Wildman–Crippen LogP) is 8.87. The van der Waals surface area contributed by atoms with E-state index >= 15 is 0 Å². The zero-order valence-corrected chi connectivity index (χ0v) is 42.9. The van der Waals surface area contributed by atoms with Crippen molar-refractivity contribution in [1.29, 1.82) is 0 Å². The molecule has 67 heavy (non-hydrogen) atoms. The maximum Gasteiger partial charge on any atom is 0.236 e. The Morgan fingerprint density at radius 1 is 0.687 bits per heavy atom. The minimum absolute atomic E-state index is 0.0640. The van der Waals surface area contributed by atoms with E-state index in [4.69, 9.17) is 20.9 Å². The summed E-state index contributed by atoms with van der Waals surface area (Å²) in [5, 5.41) is 20.6. The van der Waals surface area contributed by atoms with Gasteiger partial charge >= 0.3 is 0 Å². The van der Waals surface area contributed by atoms with Gasteiger partial charge in [0.25, 0.3) is 0 Å². The number of amides is 1. The highest BCUT2D eigenvalue weighted by atomic mass is 16.5. The summed E-state index contributed by atoms with van der Waals surface area (Å²) < 4.78 is 14.3. The number of carbonyl (C=O) groups excluding carboxylic acids is 1. The van der Waals surface area contributed by atoms with E-state index in [1.807, 2.05) is 0 Å². The maximum absolute atomic E-state index is 12.8.